The minimum absolute atomic E-state index is 0.0499. The van der Waals surface area contributed by atoms with Gasteiger partial charge < -0.3 is 95.1 Å². The second kappa shape index (κ2) is 25.3. The molecule has 2 fully saturated rings. The van der Waals surface area contributed by atoms with E-state index in [1.165, 1.54) is 20.9 Å². The zero-order valence-corrected chi connectivity index (χ0v) is 46.8. The number of aliphatic hydroxyl groups excluding tert-OH is 3. The van der Waals surface area contributed by atoms with Crippen LogP contribution in [0.5, 0.6) is 0 Å². The summed E-state index contributed by atoms with van der Waals surface area (Å²) in [5.41, 5.74) is -6.38. The van der Waals surface area contributed by atoms with Crippen molar-refractivity contribution < 1.29 is 87.1 Å². The van der Waals surface area contributed by atoms with E-state index in [2.05, 4.69) is 38.5 Å². The third-order valence-electron chi connectivity index (χ3n) is 11.4. The van der Waals surface area contributed by atoms with Crippen LogP contribution in [0.3, 0.4) is 0 Å². The fourth-order valence-electron chi connectivity index (χ4n) is 8.56. The van der Waals surface area contributed by atoms with Crippen LogP contribution in [0.1, 0.15) is 124 Å². The quantitative estimate of drug-likeness (QED) is 0.0785. The van der Waals surface area contributed by atoms with Crippen molar-refractivity contribution in [2.45, 2.75) is 218 Å². The van der Waals surface area contributed by atoms with E-state index in [4.69, 9.17) is 37.9 Å². The summed E-state index contributed by atoms with van der Waals surface area (Å²) in [4.78, 5) is 80.5. The molecule has 25 heteroatoms. The number of nitrogens with one attached hydrogen (secondary N) is 6. The lowest BCUT2D eigenvalue weighted by atomic mass is 9.72. The maximum Gasteiger partial charge on any atom is 0.412 e. The Hall–Kier alpha value is -5.18. The van der Waals surface area contributed by atoms with Gasteiger partial charge in [-0.25, -0.2) is 24.0 Å². The van der Waals surface area contributed by atoms with E-state index in [9.17, 15) is 49.2 Å². The zero-order valence-electron chi connectivity index (χ0n) is 46.8. The first-order valence-electron chi connectivity index (χ1n) is 25.0. The molecule has 0 aromatic carbocycles. The first kappa shape index (κ1) is 64.1. The van der Waals surface area contributed by atoms with Crippen LogP contribution in [0.15, 0.2) is 24.2 Å². The van der Waals surface area contributed by atoms with Crippen molar-refractivity contribution in [3.8, 4) is 0 Å². The highest BCUT2D eigenvalue weighted by atomic mass is 16.7. The molecule has 12 atom stereocenters. The molecule has 0 bridgehead atoms. The van der Waals surface area contributed by atoms with Crippen LogP contribution in [0, 0.1) is 5.92 Å². The average Bonchev–Trinajstić information content (AvgIpc) is 3.19. The number of carbonyl (C=O) groups excluding carboxylic acids is 6. The van der Waals surface area contributed by atoms with Gasteiger partial charge in [-0.05, 0) is 130 Å². The number of likely N-dealkylation sites (N-methyl/N-ethyl adjacent to an activating group) is 1. The van der Waals surface area contributed by atoms with Gasteiger partial charge in [0.15, 0.2) is 6.29 Å². The van der Waals surface area contributed by atoms with Crippen LogP contribution >= 0.6 is 0 Å². The van der Waals surface area contributed by atoms with Gasteiger partial charge >= 0.3 is 30.5 Å². The highest BCUT2D eigenvalue weighted by Gasteiger charge is 2.57. The van der Waals surface area contributed by atoms with Crippen molar-refractivity contribution in [2.24, 2.45) is 5.92 Å². The fourth-order valence-corrected chi connectivity index (χ4v) is 8.56. The van der Waals surface area contributed by atoms with Crippen LogP contribution < -0.4 is 31.9 Å². The van der Waals surface area contributed by atoms with Crippen molar-refractivity contribution in [3.63, 3.8) is 0 Å². The number of ether oxygens (including phenoxy) is 8. The van der Waals surface area contributed by atoms with E-state index in [0.717, 1.165) is 4.90 Å². The lowest BCUT2D eigenvalue weighted by Crippen LogP contribution is -2.71. The third kappa shape index (κ3) is 21.0. The van der Waals surface area contributed by atoms with Crippen LogP contribution in [0.2, 0.25) is 0 Å². The molecule has 6 amide bonds. The van der Waals surface area contributed by atoms with E-state index in [1.54, 1.807) is 103 Å². The third-order valence-corrected chi connectivity index (χ3v) is 11.4. The Bertz CT molecular complexity index is 2040. The van der Waals surface area contributed by atoms with Gasteiger partial charge in [-0.2, -0.15) is 0 Å². The summed E-state index contributed by atoms with van der Waals surface area (Å²) in [5, 5.41) is 64.2. The largest absolute Gasteiger partial charge is 0.491 e. The summed E-state index contributed by atoms with van der Waals surface area (Å²) in [6.45, 7) is 29.0. The first-order chi connectivity index (χ1) is 34.1. The zero-order chi connectivity index (χ0) is 57.4. The molecule has 25 nitrogen and oxygen atoms in total. The molecule has 3 aliphatic rings. The number of alkyl carbamates (subject to hydrolysis) is 4. The van der Waals surface area contributed by atoms with Gasteiger partial charge in [0, 0.05) is 25.6 Å². The Morgan fingerprint density at radius 3 is 1.89 bits per heavy atom. The van der Waals surface area contributed by atoms with E-state index >= 15 is 0 Å². The van der Waals surface area contributed by atoms with Gasteiger partial charge in [0.1, 0.15) is 58.2 Å². The van der Waals surface area contributed by atoms with Gasteiger partial charge in [0.05, 0.1) is 55.2 Å². The van der Waals surface area contributed by atoms with Gasteiger partial charge in [-0.15, -0.1) is 0 Å². The van der Waals surface area contributed by atoms with Crippen molar-refractivity contribution in [1.82, 2.24) is 36.8 Å². The molecule has 1 saturated carbocycles. The molecule has 10 N–H and O–H groups in total. The normalized spacial score (nSPS) is 27.9. The number of carbonyl (C=O) groups is 6. The minimum Gasteiger partial charge on any atom is -0.491 e. The maximum atomic E-state index is 13.9. The van der Waals surface area contributed by atoms with Crippen LogP contribution in [-0.4, -0.2) is 190 Å². The Labute approximate surface area is 440 Å². The van der Waals surface area contributed by atoms with Crippen LogP contribution in [0.25, 0.3) is 0 Å². The number of allylic oxidation sites excluding steroid dienone is 1. The molecule has 0 spiro atoms. The molecule has 1 aliphatic carbocycles. The molecular weight excluding hydrogens is 987 g/mol. The number of hydrogen-bond donors (Lipinski definition) is 10. The number of nitrogens with zero attached hydrogens (tertiary/aromatic N) is 1. The number of aliphatic hydroxyl groups is 4. The van der Waals surface area contributed by atoms with Crippen LogP contribution in [-0.2, 0) is 42.7 Å². The van der Waals surface area contributed by atoms with Gasteiger partial charge in [0.2, 0.25) is 0 Å². The predicted molar refractivity (Wildman–Crippen MR) is 271 cm³/mol. The predicted octanol–water partition coefficient (Wildman–Crippen LogP) is 2.91. The smallest absolute Gasteiger partial charge is 0.412 e. The highest BCUT2D eigenvalue weighted by molar-refractivity contribution is 5.82. The van der Waals surface area contributed by atoms with E-state index in [1.807, 2.05) is 0 Å². The van der Waals surface area contributed by atoms with Crippen molar-refractivity contribution in [1.29, 1.82) is 0 Å². The number of hydrogen-bond acceptors (Lipinski definition) is 19. The molecule has 0 aromatic rings. The monoisotopic (exact) mass is 1070 g/mol. The molecule has 0 radical (unpaired) electrons. The molecule has 1 unspecified atom stereocenters. The lowest BCUT2D eigenvalue weighted by Gasteiger charge is -2.52. The Balaban J connectivity index is 2.17. The molecule has 1 saturated heterocycles. The second-order valence-electron chi connectivity index (χ2n) is 24.2. The fraction of sp³-hybridized carbons (Fsp3) is 0.800. The summed E-state index contributed by atoms with van der Waals surface area (Å²) in [6, 6.07) is -5.08. The first-order valence-corrected chi connectivity index (χ1v) is 25.0. The summed E-state index contributed by atoms with van der Waals surface area (Å²) in [6.07, 6.45) is -13.2. The molecule has 75 heavy (non-hydrogen) atoms. The standard InChI is InChI=1S/C50H87N7O18/c1-26(2)69-41(63)54-28-20-19-27(22-51-24-49(15,16)56-43(65)74-47(9,10)11)70-35(28)32-29(55-42(64)73-46(6,7)8)21-30(53-38(61)31(58)23-52-40(62)72-45(3,4)5)36(33(32)59)71-39-34(60)37(50(17,67)25-68-39)57(18)44(66)75-48(12,13)14/h19,28-37,39,51,58-60,67H,1,20-25H2,2-18H3,(H,52,62)(H,53,61)(H,54,63)(H,55,64)(H,56,65)/t28-,29+,30-,31+,32?,33+,34-,35+,36+,37-,39-,50+/m1/s1. The topological polar surface area (TPSA) is 333 Å². The molecule has 0 aromatic heterocycles. The number of rotatable bonds is 16. The molecular formula is C50H87N7O18. The maximum absolute atomic E-state index is 13.9. The molecule has 2 heterocycles. The van der Waals surface area contributed by atoms with Crippen LogP contribution in [0.4, 0.5) is 24.0 Å². The molecule has 430 valence electrons. The van der Waals surface area contributed by atoms with Gasteiger partial charge in [-0.1, -0.05) is 6.58 Å². The lowest BCUT2D eigenvalue weighted by molar-refractivity contribution is -0.305. The highest BCUT2D eigenvalue weighted by Crippen LogP contribution is 2.39. The van der Waals surface area contributed by atoms with Gasteiger partial charge in [0.25, 0.3) is 5.91 Å². The second-order valence-corrected chi connectivity index (χ2v) is 24.2. The van der Waals surface area contributed by atoms with Gasteiger partial charge in [-0.3, -0.25) is 4.79 Å². The van der Waals surface area contributed by atoms with Crippen molar-refractivity contribution in [3.05, 3.63) is 24.2 Å². The Morgan fingerprint density at radius 2 is 1.33 bits per heavy atom. The van der Waals surface area contributed by atoms with Crippen molar-refractivity contribution >= 4 is 36.4 Å². The minimum atomic E-state index is -1.91. The number of amides is 6. The van der Waals surface area contributed by atoms with E-state index in [0.29, 0.717) is 5.76 Å². The molecule has 2 aliphatic heterocycles. The summed E-state index contributed by atoms with van der Waals surface area (Å²) in [7, 11) is 1.30. The van der Waals surface area contributed by atoms with E-state index < -0.39 is 150 Å². The summed E-state index contributed by atoms with van der Waals surface area (Å²) >= 11 is 0. The Morgan fingerprint density at radius 1 is 0.787 bits per heavy atom. The average molecular weight is 1070 g/mol. The van der Waals surface area contributed by atoms with Crippen molar-refractivity contribution in [2.75, 3.05) is 33.3 Å². The van der Waals surface area contributed by atoms with E-state index in [-0.39, 0.29) is 31.7 Å². The summed E-state index contributed by atoms with van der Waals surface area (Å²) < 4.78 is 46.2. The molecule has 3 rings (SSSR count). The Kier molecular flexibility index (Phi) is 21.6. The SMILES string of the molecule is C=C(C)OC(=O)N[C@@H]1CC=C(CNCC(C)(C)NC(=O)OC(C)(C)C)O[C@@H]1C1[C@@H](NC(=O)OC(C)(C)C)C[C@@H](NC(=O)[C@@H](O)CNC(=O)OC(C)(C)C)[C@H](O[C@H]2OC[C@](C)(O)[C@H](N(C)C(=O)OC(C)(C)C)[C@H]2O)[C@H]1O. The summed E-state index contributed by atoms with van der Waals surface area (Å²) in [5.74, 6) is -2.01.